The number of hydrogen-bond acceptors (Lipinski definition) is 17. The lowest BCUT2D eigenvalue weighted by Gasteiger charge is -2.23. The maximum atomic E-state index is 12.6. The molecule has 0 bridgehead atoms. The number of carbonyl (C=O) groups is 3. The Morgan fingerprint density at radius 1 is 0.773 bits per heavy atom. The minimum absolute atomic E-state index is 0. The van der Waals surface area contributed by atoms with Gasteiger partial charge in [0.2, 0.25) is 0 Å². The van der Waals surface area contributed by atoms with Crippen LogP contribution in [0.5, 0.6) is 11.5 Å². The highest BCUT2D eigenvalue weighted by Gasteiger charge is 2.26. The van der Waals surface area contributed by atoms with Gasteiger partial charge >= 0.3 is 11.4 Å². The third-order valence-electron chi connectivity index (χ3n) is 10.6. The molecule has 0 spiro atoms. The molecule has 3 aliphatic heterocycles. The van der Waals surface area contributed by atoms with Gasteiger partial charge in [-0.1, -0.05) is 42.5 Å². The van der Waals surface area contributed by atoms with Crippen LogP contribution in [-0.4, -0.2) is 171 Å². The number of morpholine rings is 1. The fourth-order valence-corrected chi connectivity index (χ4v) is 9.04. The second-order valence-electron chi connectivity index (χ2n) is 14.7. The van der Waals surface area contributed by atoms with Crippen molar-refractivity contribution in [1.29, 1.82) is 0 Å². The lowest BCUT2D eigenvalue weighted by atomic mass is 10.1. The largest absolute Gasteiger partial charge is 0.496 e. The number of nitrogen functional groups attached to an aromatic ring is 2. The number of nitrogens with two attached hydrogens (primary N) is 3. The van der Waals surface area contributed by atoms with E-state index in [1.165, 1.54) is 72.2 Å². The zero-order valence-corrected chi connectivity index (χ0v) is 41.1. The number of ether oxygens (including phenoxy) is 4. The molecule has 19 nitrogen and oxygen atoms in total. The van der Waals surface area contributed by atoms with Crippen molar-refractivity contribution in [3.05, 3.63) is 35.4 Å². The molecule has 3 saturated heterocycles. The predicted octanol–water partition coefficient (Wildman–Crippen LogP) is 5.09. The maximum Gasteiger partial charge on any atom is 0.403 e. The van der Waals surface area contributed by atoms with Crippen LogP contribution in [0.4, 0.5) is 16.2 Å². The van der Waals surface area contributed by atoms with Crippen LogP contribution >= 0.6 is 11.6 Å². The zero-order valence-electron chi connectivity index (χ0n) is 38.7. The third-order valence-corrected chi connectivity index (χ3v) is 14.3. The Balaban J connectivity index is 0. The van der Waals surface area contributed by atoms with E-state index in [1.54, 1.807) is 6.92 Å². The summed E-state index contributed by atoms with van der Waals surface area (Å²) in [7, 11) is -2.25. The SMILES string of the molecule is C.C.CCN1CCC[C@H]1CN.CCN1CCC[C@H]1CNC(=O)c1cc(S(=O)(=O)CC)c(N)cc1OC.CCOC(=O)Cl.CCS(=O)(=O)c1cc(C(=O)O)c(OC)cc1N.CN1CCOCC1. The summed E-state index contributed by atoms with van der Waals surface area (Å²) in [6.45, 7) is 19.2. The Kier molecular flexibility index (Phi) is 31.8. The van der Waals surface area contributed by atoms with Gasteiger partial charge in [-0.25, -0.2) is 26.4 Å². The van der Waals surface area contributed by atoms with Crippen molar-refractivity contribution in [2.45, 2.75) is 97.0 Å². The van der Waals surface area contributed by atoms with E-state index in [-0.39, 0.29) is 76.1 Å². The number of sulfone groups is 2. The zero-order chi connectivity index (χ0) is 48.6. The van der Waals surface area contributed by atoms with Crippen molar-refractivity contribution in [2.24, 2.45) is 5.73 Å². The smallest absolute Gasteiger partial charge is 0.403 e. The van der Waals surface area contributed by atoms with Crippen molar-refractivity contribution in [3.63, 3.8) is 0 Å². The summed E-state index contributed by atoms with van der Waals surface area (Å²) in [5.41, 5.74) is 16.3. The van der Waals surface area contributed by atoms with Crippen LogP contribution in [0.1, 0.15) is 95.9 Å². The Morgan fingerprint density at radius 3 is 1.55 bits per heavy atom. The molecule has 2 atom stereocenters. The summed E-state index contributed by atoms with van der Waals surface area (Å²) in [5, 5.41) is 11.8. The monoisotopic (exact) mass is 997 g/mol. The summed E-state index contributed by atoms with van der Waals surface area (Å²) in [5.74, 6) is -1.56. The number of hydrogen-bond donors (Lipinski definition) is 5. The molecule has 5 rings (SSSR count). The lowest BCUT2D eigenvalue weighted by molar-refractivity contribution is 0.0503. The number of likely N-dealkylation sites (N-methyl/N-ethyl adjacent to an activating group) is 3. The number of carboxylic acid groups (broad SMARTS) is 1. The molecular formula is C44H80ClN7O12S2. The quantitative estimate of drug-likeness (QED) is 0.122. The van der Waals surface area contributed by atoms with Crippen LogP contribution in [0.25, 0.3) is 0 Å². The standard InChI is InChI=1S/C17H27N3O4S.C10H13NO5S.C7H16N2.C5H11NO.C3H5ClO2.2CH4/c1-4-20-8-6-7-12(20)11-19-17(21)13-9-16(25(22,23)5-2)14(18)10-15(13)24-3;1-3-17(14,15)9-4-6(10(12)13)8(16-2)5-7(9)11;1-2-9-5-3-4-7(9)6-8;1-6-2-4-7-5-3-6;1-2-6-3(4)5;;/h9-10,12H,4-8,11,18H2,1-3H3,(H,19,21);4-5H,3,11H2,1-2H3,(H,12,13);7H,2-6,8H2,1H3;2-5H2,1H3;2H2,1H3;2*1H4/t12-;;7-;;;;/m0.0..../s1. The van der Waals surface area contributed by atoms with E-state index in [1.807, 2.05) is 0 Å². The number of benzene rings is 2. The number of nitrogens with zero attached hydrogens (tertiary/aromatic N) is 3. The second kappa shape index (κ2) is 32.7. The van der Waals surface area contributed by atoms with Crippen LogP contribution in [0.2, 0.25) is 0 Å². The Morgan fingerprint density at radius 2 is 1.21 bits per heavy atom. The van der Waals surface area contributed by atoms with E-state index < -0.39 is 31.1 Å². The molecule has 3 aliphatic rings. The molecule has 22 heteroatoms. The highest BCUT2D eigenvalue weighted by atomic mass is 35.5. The number of rotatable bonds is 14. The van der Waals surface area contributed by atoms with Crippen LogP contribution in [0, 0.1) is 0 Å². The molecule has 0 radical (unpaired) electrons. The van der Waals surface area contributed by atoms with Crippen LogP contribution in [-0.2, 0) is 29.1 Å². The highest BCUT2D eigenvalue weighted by molar-refractivity contribution is 7.91. The third kappa shape index (κ3) is 20.9. The molecular weight excluding hydrogens is 918 g/mol. The van der Waals surface area contributed by atoms with Crippen molar-refractivity contribution in [2.75, 3.05) is 116 Å². The normalized spacial score (nSPS) is 17.2. The summed E-state index contributed by atoms with van der Waals surface area (Å²) >= 11 is 4.72. The van der Waals surface area contributed by atoms with Crippen molar-refractivity contribution >= 4 is 60.0 Å². The van der Waals surface area contributed by atoms with E-state index in [2.05, 4.69) is 45.6 Å². The number of amides is 1. The van der Waals surface area contributed by atoms with Gasteiger partial charge in [-0.2, -0.15) is 0 Å². The number of carbonyl (C=O) groups excluding carboxylic acids is 2. The van der Waals surface area contributed by atoms with Gasteiger partial charge in [-0.15, -0.1) is 0 Å². The minimum Gasteiger partial charge on any atom is -0.496 e. The molecule has 0 unspecified atom stereocenters. The Bertz CT molecular complexity index is 1980. The van der Waals surface area contributed by atoms with E-state index in [0.29, 0.717) is 25.2 Å². The fourth-order valence-electron chi connectivity index (χ4n) is 6.88. The number of methoxy groups -OCH3 is 2. The van der Waals surface area contributed by atoms with E-state index in [9.17, 15) is 31.2 Å². The number of carboxylic acids is 1. The first-order valence-electron chi connectivity index (χ1n) is 21.4. The van der Waals surface area contributed by atoms with E-state index in [4.69, 9.17) is 48.1 Å². The predicted molar refractivity (Wildman–Crippen MR) is 264 cm³/mol. The molecule has 3 fully saturated rings. The number of likely N-dealkylation sites (tertiary alicyclic amines) is 2. The van der Waals surface area contributed by atoms with Gasteiger partial charge in [0, 0.05) is 62.0 Å². The van der Waals surface area contributed by atoms with Gasteiger partial charge < -0.3 is 51.5 Å². The summed E-state index contributed by atoms with van der Waals surface area (Å²) in [6, 6.07) is 5.93. The van der Waals surface area contributed by atoms with Gasteiger partial charge in [0.1, 0.15) is 17.1 Å². The molecule has 3 heterocycles. The van der Waals surface area contributed by atoms with Gasteiger partial charge in [-0.05, 0) is 78.0 Å². The van der Waals surface area contributed by atoms with Crippen LogP contribution in [0.3, 0.4) is 0 Å². The Labute approximate surface area is 399 Å². The molecule has 0 saturated carbocycles. The minimum atomic E-state index is -3.55. The van der Waals surface area contributed by atoms with Gasteiger partial charge in [-0.3, -0.25) is 14.6 Å². The second-order valence-corrected chi connectivity index (χ2v) is 19.5. The van der Waals surface area contributed by atoms with Gasteiger partial charge in [0.15, 0.2) is 19.7 Å². The fraction of sp³-hybridized carbons (Fsp3) is 0.659. The number of anilines is 2. The highest BCUT2D eigenvalue weighted by Crippen LogP contribution is 2.30. The Hall–Kier alpha value is -3.96. The number of halogens is 1. The maximum absolute atomic E-state index is 12.6. The molecule has 0 aromatic heterocycles. The lowest BCUT2D eigenvalue weighted by Crippen LogP contribution is -2.40. The van der Waals surface area contributed by atoms with Crippen molar-refractivity contribution in [1.82, 2.24) is 20.0 Å². The topological polar surface area (TPSA) is 276 Å². The summed E-state index contributed by atoms with van der Waals surface area (Å²) in [6.07, 6.45) is 4.82. The van der Waals surface area contributed by atoms with E-state index >= 15 is 0 Å². The first-order chi connectivity index (χ1) is 30.2. The molecule has 1 amide bonds. The molecule has 382 valence electrons. The van der Waals surface area contributed by atoms with Crippen LogP contribution in [0.15, 0.2) is 34.1 Å². The molecule has 2 aromatic carbocycles. The molecule has 8 N–H and O–H groups in total. The molecule has 2 aromatic rings. The van der Waals surface area contributed by atoms with E-state index in [0.717, 1.165) is 64.8 Å². The summed E-state index contributed by atoms with van der Waals surface area (Å²) in [4.78, 5) is 40.0. The number of aromatic carboxylic acids is 1. The average molecular weight is 999 g/mol. The average Bonchev–Trinajstić information content (AvgIpc) is 3.95. The van der Waals surface area contributed by atoms with Crippen molar-refractivity contribution in [3.8, 4) is 11.5 Å². The van der Waals surface area contributed by atoms with Crippen molar-refractivity contribution < 1.29 is 55.3 Å². The molecule has 66 heavy (non-hydrogen) atoms. The van der Waals surface area contributed by atoms with Crippen LogP contribution < -0.4 is 32.0 Å². The summed E-state index contributed by atoms with van der Waals surface area (Å²) < 4.78 is 67.1. The first-order valence-corrected chi connectivity index (χ1v) is 25.1. The van der Waals surface area contributed by atoms with Gasteiger partial charge in [0.05, 0.1) is 72.3 Å². The molecule has 0 aliphatic carbocycles. The number of nitrogens with one attached hydrogen (secondary N) is 1. The first kappa shape index (κ1) is 64.1. The van der Waals surface area contributed by atoms with Gasteiger partial charge in [0.25, 0.3) is 5.91 Å².